The van der Waals surface area contributed by atoms with Crippen LogP contribution in [0.25, 0.3) is 43.7 Å². The number of rotatable bonds is 6. The third-order valence-electron chi connectivity index (χ3n) is 13.0. The van der Waals surface area contributed by atoms with Gasteiger partial charge in [0.25, 0.3) is 5.92 Å². The number of aryl methyl sites for hydroxylation is 3. The maximum Gasteiger partial charge on any atom is 0.251 e. The number of hydrogen-bond acceptors (Lipinski definition) is 6. The molecule has 3 atom stereocenters. The number of nitrogens with zero attached hydrogens (tertiary/aromatic N) is 7. The molecule has 0 amide bonds. The molecular weight excluding hydrogens is 703 g/mol. The maximum absolute atomic E-state index is 17.7. The summed E-state index contributed by atoms with van der Waals surface area (Å²) in [6, 6.07) is 7.77. The molecule has 2 saturated heterocycles. The number of alkyl halides is 2. The fourth-order valence-electron chi connectivity index (χ4n) is 10.2. The van der Waals surface area contributed by atoms with Crippen molar-refractivity contribution in [2.45, 2.75) is 95.2 Å². The Kier molecular flexibility index (Phi) is 8.70. The fourth-order valence-corrected chi connectivity index (χ4v) is 10.2. The largest absolute Gasteiger partial charge is 0.347 e. The van der Waals surface area contributed by atoms with Crippen molar-refractivity contribution in [2.75, 3.05) is 39.1 Å². The van der Waals surface area contributed by atoms with Gasteiger partial charge < -0.3 is 9.80 Å². The lowest BCUT2D eigenvalue weighted by Gasteiger charge is -2.59. The molecule has 7 nitrogen and oxygen atoms in total. The quantitative estimate of drug-likeness (QED) is 0.128. The van der Waals surface area contributed by atoms with Crippen LogP contribution in [0.4, 0.5) is 23.4 Å². The summed E-state index contributed by atoms with van der Waals surface area (Å²) < 4.78 is 62.6. The van der Waals surface area contributed by atoms with Crippen molar-refractivity contribution in [1.82, 2.24) is 29.5 Å². The summed E-state index contributed by atoms with van der Waals surface area (Å²) >= 11 is 0. The molecule has 0 N–H and O–H groups in total. The molecule has 3 saturated carbocycles. The van der Waals surface area contributed by atoms with Crippen molar-refractivity contribution in [3.63, 3.8) is 0 Å². The average molecular weight is 752 g/mol. The Balaban J connectivity index is 0.000000949. The topological polar surface area (TPSA) is 53.3 Å². The van der Waals surface area contributed by atoms with Gasteiger partial charge in [0.05, 0.1) is 10.9 Å². The highest BCUT2D eigenvalue weighted by Crippen LogP contribution is 2.58. The number of likely N-dealkylation sites (tertiary alicyclic amines) is 1. The van der Waals surface area contributed by atoms with Crippen molar-refractivity contribution in [3.8, 4) is 23.5 Å². The van der Waals surface area contributed by atoms with Gasteiger partial charge in [-0.25, -0.2) is 27.5 Å². The van der Waals surface area contributed by atoms with E-state index in [2.05, 4.69) is 15.7 Å². The molecule has 3 aliphatic carbocycles. The van der Waals surface area contributed by atoms with Crippen LogP contribution in [-0.4, -0.2) is 87.8 Å². The zero-order chi connectivity index (χ0) is 38.6. The summed E-state index contributed by atoms with van der Waals surface area (Å²) in [5.41, 5.74) is 2.70. The van der Waals surface area contributed by atoms with Crippen molar-refractivity contribution in [3.05, 3.63) is 59.0 Å². The second-order valence-corrected chi connectivity index (χ2v) is 17.6. The number of anilines is 1. The standard InChI is InChI=1S/C41H40F4N6.C3H9N/c1-4-28-31(42)10-6-23-14-22(2)15-29(33(23)28)34-36(43)38-35(30-21-49(3)48-37(30)34)39(47-32(46-38)11-7-24-16-41(24,44)45)51-25-8-9-26(51)20-50(19-25)27-17-40(18-27)12-5-13-40;1-4(2)3/h1,6,10,14-15,21,24-27H,5,7-9,11-13,16-20H2,2-3H3;1-3H3. The number of hydrogen-bond donors (Lipinski definition) is 0. The molecular formula is C44H49F4N7. The van der Waals surface area contributed by atoms with E-state index in [1.807, 2.05) is 51.3 Å². The third kappa shape index (κ3) is 6.15. The monoisotopic (exact) mass is 751 g/mol. The molecule has 0 radical (unpaired) electrons. The number of fused-ring (bicyclic) bond motifs is 6. The minimum absolute atomic E-state index is 0.0599. The van der Waals surface area contributed by atoms with Gasteiger partial charge in [-0.15, -0.1) is 6.42 Å². The Morgan fingerprint density at radius 3 is 2.25 bits per heavy atom. The molecule has 1 spiro atoms. The molecule has 2 bridgehead atoms. The first-order valence-corrected chi connectivity index (χ1v) is 19.8. The summed E-state index contributed by atoms with van der Waals surface area (Å²) in [5, 5.41) is 7.22. The Morgan fingerprint density at radius 2 is 1.64 bits per heavy atom. The van der Waals surface area contributed by atoms with Gasteiger partial charge in [-0.3, -0.25) is 9.58 Å². The van der Waals surface area contributed by atoms with Gasteiger partial charge in [0.1, 0.15) is 28.5 Å². The lowest BCUT2D eigenvalue weighted by atomic mass is 9.53. The lowest BCUT2D eigenvalue weighted by molar-refractivity contribution is -0.0604. The fraction of sp³-hybridized carbons (Fsp3) is 0.523. The summed E-state index contributed by atoms with van der Waals surface area (Å²) in [4.78, 5) is 17.1. The number of benzene rings is 3. The first kappa shape index (κ1) is 36.4. The highest BCUT2D eigenvalue weighted by Gasteiger charge is 2.56. The van der Waals surface area contributed by atoms with Crippen molar-refractivity contribution in [2.24, 2.45) is 18.4 Å². The van der Waals surface area contributed by atoms with E-state index in [1.54, 1.807) is 17.8 Å². The second-order valence-electron chi connectivity index (χ2n) is 17.6. The average Bonchev–Trinajstić information content (AvgIpc) is 3.37. The summed E-state index contributed by atoms with van der Waals surface area (Å²) in [6.45, 7) is 3.77. The van der Waals surface area contributed by atoms with E-state index in [1.165, 1.54) is 38.2 Å². The second kappa shape index (κ2) is 13.2. The van der Waals surface area contributed by atoms with Gasteiger partial charge in [0, 0.05) is 79.6 Å². The summed E-state index contributed by atoms with van der Waals surface area (Å²) in [7, 11) is 7.80. The molecule has 5 aliphatic rings. The molecule has 2 aromatic heterocycles. The Hall–Kier alpha value is -4.27. The lowest BCUT2D eigenvalue weighted by Crippen LogP contribution is -2.62. The van der Waals surface area contributed by atoms with Gasteiger partial charge in [-0.05, 0) is 101 Å². The molecule has 288 valence electrons. The van der Waals surface area contributed by atoms with E-state index >= 15 is 8.78 Å². The van der Waals surface area contributed by atoms with E-state index < -0.39 is 23.5 Å². The van der Waals surface area contributed by atoms with Crippen LogP contribution in [0.1, 0.15) is 74.7 Å². The van der Waals surface area contributed by atoms with E-state index in [4.69, 9.17) is 21.5 Å². The van der Waals surface area contributed by atoms with Crippen LogP contribution < -0.4 is 4.90 Å². The molecule has 10 rings (SSSR count). The smallest absolute Gasteiger partial charge is 0.251 e. The SMILES string of the molecule is C#Cc1c(F)ccc2cc(C)cc(-c3c(F)c4nc(CCC5CC5(F)F)nc(N5C6CCC5CN(C5CC7(CCC7)C5)C6)c4c4cn(C)nc34)c12.CN(C)C. The molecule has 5 fully saturated rings. The predicted molar refractivity (Wildman–Crippen MR) is 210 cm³/mol. The third-order valence-corrected chi connectivity index (χ3v) is 13.0. The molecule has 55 heavy (non-hydrogen) atoms. The molecule has 11 heteroatoms. The number of piperazine rings is 1. The summed E-state index contributed by atoms with van der Waals surface area (Å²) in [6.07, 6.45) is 16.8. The first-order chi connectivity index (χ1) is 26.3. The van der Waals surface area contributed by atoms with Crippen LogP contribution in [0.3, 0.4) is 0 Å². The van der Waals surface area contributed by atoms with Gasteiger partial charge in [0.2, 0.25) is 0 Å². The van der Waals surface area contributed by atoms with Crippen LogP contribution >= 0.6 is 0 Å². The minimum Gasteiger partial charge on any atom is -0.347 e. The summed E-state index contributed by atoms with van der Waals surface area (Å²) in [5.74, 6) is -0.984. The Bertz CT molecular complexity index is 2370. The number of terminal acetylenes is 1. The molecule has 3 aromatic carbocycles. The number of aromatic nitrogens is 4. The van der Waals surface area contributed by atoms with Gasteiger partial charge in [-0.1, -0.05) is 30.5 Å². The molecule has 4 heterocycles. The minimum atomic E-state index is -2.66. The van der Waals surface area contributed by atoms with E-state index in [0.29, 0.717) is 55.7 Å². The highest BCUT2D eigenvalue weighted by molar-refractivity contribution is 6.18. The van der Waals surface area contributed by atoms with Crippen LogP contribution in [0.5, 0.6) is 0 Å². The normalized spacial score (nSPS) is 23.9. The van der Waals surface area contributed by atoms with Crippen molar-refractivity contribution in [1.29, 1.82) is 0 Å². The van der Waals surface area contributed by atoms with Crippen LogP contribution in [-0.2, 0) is 13.5 Å². The molecule has 5 aromatic rings. The zero-order valence-electron chi connectivity index (χ0n) is 32.4. The van der Waals surface area contributed by atoms with Gasteiger partial charge in [0.15, 0.2) is 5.82 Å². The number of halogens is 4. The molecule has 2 aliphatic heterocycles. The van der Waals surface area contributed by atoms with E-state index in [-0.39, 0.29) is 48.0 Å². The van der Waals surface area contributed by atoms with Gasteiger partial charge >= 0.3 is 0 Å². The Labute approximate surface area is 320 Å². The van der Waals surface area contributed by atoms with E-state index in [9.17, 15) is 8.78 Å². The molecule has 3 unspecified atom stereocenters. The van der Waals surface area contributed by atoms with E-state index in [0.717, 1.165) is 31.5 Å². The van der Waals surface area contributed by atoms with Crippen LogP contribution in [0.15, 0.2) is 30.5 Å². The predicted octanol–water partition coefficient (Wildman–Crippen LogP) is 8.66. The Morgan fingerprint density at radius 1 is 0.945 bits per heavy atom. The van der Waals surface area contributed by atoms with Gasteiger partial charge in [-0.2, -0.15) is 5.10 Å². The maximum atomic E-state index is 17.7. The van der Waals surface area contributed by atoms with Crippen LogP contribution in [0, 0.1) is 42.2 Å². The first-order valence-electron chi connectivity index (χ1n) is 19.8. The van der Waals surface area contributed by atoms with Crippen molar-refractivity contribution >= 4 is 38.4 Å². The highest BCUT2D eigenvalue weighted by atomic mass is 19.3. The van der Waals surface area contributed by atoms with Crippen LogP contribution in [0.2, 0.25) is 0 Å². The van der Waals surface area contributed by atoms with Crippen molar-refractivity contribution < 1.29 is 17.6 Å². The zero-order valence-corrected chi connectivity index (χ0v) is 32.4.